The molecule has 2 aromatic carbocycles. The maximum Gasteiger partial charge on any atom is 0.272 e. The highest BCUT2D eigenvalue weighted by Gasteiger charge is 2.68. The van der Waals surface area contributed by atoms with Crippen molar-refractivity contribution < 1.29 is 34.4 Å². The van der Waals surface area contributed by atoms with E-state index in [1.807, 2.05) is 12.1 Å². The largest absolute Gasteiger partial charge is 0.379 e. The van der Waals surface area contributed by atoms with E-state index in [9.17, 15) is 29.7 Å². The van der Waals surface area contributed by atoms with E-state index in [1.54, 1.807) is 57.4 Å². The molecule has 5 N–H and O–H groups in total. The summed E-state index contributed by atoms with van der Waals surface area (Å²) in [5, 5.41) is 37.2. The Bertz CT molecular complexity index is 1530. The van der Waals surface area contributed by atoms with Gasteiger partial charge in [0.05, 0.1) is 18.7 Å². The van der Waals surface area contributed by atoms with E-state index >= 15 is 0 Å². The maximum atomic E-state index is 14.0. The number of nitrogens with one attached hydrogen (secondary N) is 2. The number of morpholine rings is 1. The molecule has 44 heavy (non-hydrogen) atoms. The Morgan fingerprint density at radius 3 is 2.02 bits per heavy atom. The molecular formula is C25H36B8N4O7. The number of carbonyl (C=O) groups is 3. The monoisotopic (exact) mass is 592 g/mol. The van der Waals surface area contributed by atoms with Crippen LogP contribution in [0.25, 0.3) is 0 Å². The number of amides is 3. The minimum atomic E-state index is -2.58. The summed E-state index contributed by atoms with van der Waals surface area (Å²) in [6.45, 7) is 2.90. The number of piperidine rings is 1. The Morgan fingerprint density at radius 1 is 0.864 bits per heavy atom. The van der Waals surface area contributed by atoms with Crippen LogP contribution in [0.4, 0.5) is 5.69 Å². The molecule has 0 bridgehead atoms. The van der Waals surface area contributed by atoms with E-state index in [2.05, 4.69) is 31.2 Å². The molecule has 2 unspecified atom stereocenters. The van der Waals surface area contributed by atoms with Crippen molar-refractivity contribution in [2.45, 2.75) is 32.7 Å². The molecular weight excluding hydrogens is 555 g/mol. The number of anilines is 1. The standard InChI is InChI=1S/C25H36B8N4O7/c26-20(27)18(39)34-19(40)21(28,25(20,32)33)37-17(38)14-2-1-3-15(16(14)23(37,31)41)35-24(42,43)13-6-4-12(5-7-13)22(29,30)36-8-10-44-11-9-36/h1-7,35,41-43H,8-11,26-33H2,(H,34,39,40). The van der Waals surface area contributed by atoms with Crippen LogP contribution in [0, 0.1) is 0 Å². The normalized spacial score (nSPS) is 27.1. The zero-order valence-corrected chi connectivity index (χ0v) is 26.7. The predicted molar refractivity (Wildman–Crippen MR) is 186 cm³/mol. The van der Waals surface area contributed by atoms with Gasteiger partial charge in [-0.1, -0.05) is 35.5 Å². The molecule has 2 fully saturated rings. The second kappa shape index (κ2) is 10.3. The fourth-order valence-corrected chi connectivity index (χ4v) is 7.03. The molecule has 11 nitrogen and oxygen atoms in total. The van der Waals surface area contributed by atoms with Gasteiger partial charge in [0.1, 0.15) is 60.5 Å². The number of carbonyl (C=O) groups excluding carboxylic acids is 3. The molecule has 2 aromatic rings. The lowest BCUT2D eigenvalue weighted by Crippen LogP contribution is -2.78. The van der Waals surface area contributed by atoms with Crippen LogP contribution in [0.2, 0.25) is 10.4 Å². The molecule has 0 aliphatic carbocycles. The van der Waals surface area contributed by atoms with E-state index in [0.29, 0.717) is 13.2 Å². The fraction of sp³-hybridized carbons (Fsp3) is 0.400. The molecule has 0 spiro atoms. The number of rotatable bonds is 6. The van der Waals surface area contributed by atoms with Gasteiger partial charge in [-0.3, -0.25) is 19.7 Å². The third-order valence-electron chi connectivity index (χ3n) is 11.0. The topological polar surface area (TPSA) is 152 Å². The van der Waals surface area contributed by atoms with E-state index in [-0.39, 0.29) is 27.7 Å². The first-order chi connectivity index (χ1) is 20.2. The molecule has 5 rings (SSSR count). The van der Waals surface area contributed by atoms with Gasteiger partial charge in [0.15, 0.2) is 7.85 Å². The Labute approximate surface area is 264 Å². The molecule has 0 saturated carbocycles. The van der Waals surface area contributed by atoms with Gasteiger partial charge < -0.3 is 35.2 Å². The fourth-order valence-electron chi connectivity index (χ4n) is 7.03. The van der Waals surface area contributed by atoms with Crippen LogP contribution in [0.1, 0.15) is 27.0 Å². The number of aliphatic hydroxyl groups is 3. The summed E-state index contributed by atoms with van der Waals surface area (Å²) in [4.78, 5) is 43.9. The van der Waals surface area contributed by atoms with Crippen molar-refractivity contribution in [1.29, 1.82) is 0 Å². The molecule has 2 saturated heterocycles. The summed E-state index contributed by atoms with van der Waals surface area (Å²) >= 11 is 0. The number of nitrogens with zero attached hydrogens (tertiary/aromatic N) is 2. The van der Waals surface area contributed by atoms with Crippen LogP contribution in [0.5, 0.6) is 0 Å². The molecule has 2 atom stereocenters. The minimum absolute atomic E-state index is 0.0853. The SMILES string of the molecule is BC(B)(c1ccc(C(O)(O)Nc2cccc3c2C(B)(O)N(C2(B)C(=O)NC(=O)C(B)(B)C2(B)B)C3=O)cc1)N1CCOCC1. The quantitative estimate of drug-likeness (QED) is 0.125. The van der Waals surface area contributed by atoms with Crippen molar-refractivity contribution in [1.82, 2.24) is 15.1 Å². The Hall–Kier alpha value is -2.83. The van der Waals surface area contributed by atoms with Gasteiger partial charge in [-0.2, -0.15) is 0 Å². The first kappa shape index (κ1) is 32.6. The second-order valence-electron chi connectivity index (χ2n) is 14.0. The molecule has 3 aliphatic heterocycles. The molecule has 3 aliphatic rings. The molecule has 19 heteroatoms. The lowest BCUT2D eigenvalue weighted by Gasteiger charge is -2.61. The molecule has 3 heterocycles. The van der Waals surface area contributed by atoms with Crippen LogP contribution in [0.15, 0.2) is 42.5 Å². The zero-order chi connectivity index (χ0) is 32.7. The van der Waals surface area contributed by atoms with E-state index in [0.717, 1.165) is 23.6 Å². The number of fused-ring (bicyclic) bond motifs is 1. The highest BCUT2D eigenvalue weighted by molar-refractivity contribution is 6.67. The average molecular weight is 591 g/mol. The number of benzene rings is 2. The lowest BCUT2D eigenvalue weighted by molar-refractivity contribution is -0.148. The summed E-state index contributed by atoms with van der Waals surface area (Å²) < 4.78 is 5.49. The van der Waals surface area contributed by atoms with Crippen LogP contribution in [-0.2, 0) is 31.2 Å². The van der Waals surface area contributed by atoms with Crippen molar-refractivity contribution in [3.8, 4) is 0 Å². The van der Waals surface area contributed by atoms with Crippen molar-refractivity contribution in [2.75, 3.05) is 31.6 Å². The zero-order valence-electron chi connectivity index (χ0n) is 26.7. The number of hydrogen-bond acceptors (Lipinski definition) is 9. The lowest BCUT2D eigenvalue weighted by atomic mass is 9.21. The summed E-state index contributed by atoms with van der Waals surface area (Å²) in [6.07, 6.45) is 0. The summed E-state index contributed by atoms with van der Waals surface area (Å²) in [7, 11) is 14.0. The van der Waals surface area contributed by atoms with Gasteiger partial charge >= 0.3 is 0 Å². The van der Waals surface area contributed by atoms with Gasteiger partial charge in [0.25, 0.3) is 11.8 Å². The van der Waals surface area contributed by atoms with Gasteiger partial charge in [0, 0.05) is 35.5 Å². The first-order valence-corrected chi connectivity index (χ1v) is 15.0. The second-order valence-corrected chi connectivity index (χ2v) is 14.0. The van der Waals surface area contributed by atoms with Crippen molar-refractivity contribution in [2.24, 2.45) is 0 Å². The van der Waals surface area contributed by atoms with Crippen molar-refractivity contribution >= 4 is 86.2 Å². The van der Waals surface area contributed by atoms with Gasteiger partial charge in [-0.15, -0.1) is 0 Å². The van der Waals surface area contributed by atoms with Crippen LogP contribution in [-0.4, -0.2) is 137 Å². The summed E-state index contributed by atoms with van der Waals surface area (Å²) in [5.41, 5.74) is -2.32. The Morgan fingerprint density at radius 2 is 1.43 bits per heavy atom. The predicted octanol–water partition coefficient (Wildman–Crippen LogP) is -8.46. The van der Waals surface area contributed by atoms with E-state index in [4.69, 9.17) is 4.74 Å². The van der Waals surface area contributed by atoms with E-state index in [1.165, 1.54) is 20.0 Å². The Balaban J connectivity index is 1.49. The number of ether oxygens (including phenoxy) is 1. The Kier molecular flexibility index (Phi) is 7.66. The van der Waals surface area contributed by atoms with Crippen LogP contribution < -0.4 is 10.6 Å². The highest BCUT2D eigenvalue weighted by atomic mass is 16.5. The smallest absolute Gasteiger partial charge is 0.272 e. The third-order valence-corrected chi connectivity index (χ3v) is 11.0. The molecule has 222 valence electrons. The van der Waals surface area contributed by atoms with Crippen molar-refractivity contribution in [3.05, 3.63) is 64.7 Å². The summed E-state index contributed by atoms with van der Waals surface area (Å²) in [5.74, 6) is -4.38. The number of hydrogen-bond donors (Lipinski definition) is 5. The third kappa shape index (κ3) is 4.54. The van der Waals surface area contributed by atoms with Crippen LogP contribution >= 0.6 is 0 Å². The van der Waals surface area contributed by atoms with Gasteiger partial charge in [-0.05, 0) is 28.2 Å². The van der Waals surface area contributed by atoms with E-state index < -0.39 is 45.1 Å². The molecule has 0 aromatic heterocycles. The number of imide groups is 1. The average Bonchev–Trinajstić information content (AvgIpc) is 3.17. The maximum absolute atomic E-state index is 14.0. The van der Waals surface area contributed by atoms with Crippen molar-refractivity contribution in [3.63, 3.8) is 0 Å². The first-order valence-electron chi connectivity index (χ1n) is 15.0. The minimum Gasteiger partial charge on any atom is -0.379 e. The van der Waals surface area contributed by atoms with Gasteiger partial charge in [-0.25, -0.2) is 0 Å². The highest BCUT2D eigenvalue weighted by Crippen LogP contribution is 2.57. The molecule has 0 radical (unpaired) electrons. The molecule has 3 amide bonds. The van der Waals surface area contributed by atoms with Gasteiger partial charge in [0.2, 0.25) is 11.8 Å². The van der Waals surface area contributed by atoms with Crippen LogP contribution in [0.3, 0.4) is 0 Å². The summed E-state index contributed by atoms with van der Waals surface area (Å²) in [6, 6.07) is 11.5.